The number of hydrogen-bond donors (Lipinski definition) is 4. The molecular formula is C36H28Cl2N4O4Zr. The molecule has 0 aliphatic heterocycles. The molecule has 4 aromatic heterocycles. The standard InChI is InChI=1S/4C9H7NO.2ClH.Zr/c4*11-8-5-1-3-7-4-2-6-10-9(7)8;;;/h4*1-6,11H;2*1H;/q;;;;;;+2/p-2. The number of hydrogen-bond acceptors (Lipinski definition) is 8. The van der Waals surface area contributed by atoms with Crippen LogP contribution >= 0.6 is 0 Å². The zero-order valence-corrected chi connectivity index (χ0v) is 28.7. The van der Waals surface area contributed by atoms with Gasteiger partial charge in [0.1, 0.15) is 45.1 Å². The van der Waals surface area contributed by atoms with Crippen molar-refractivity contribution in [2.24, 2.45) is 0 Å². The number of nitrogens with zero attached hydrogens (tertiary/aromatic N) is 4. The summed E-state index contributed by atoms with van der Waals surface area (Å²) >= 11 is 0. The quantitative estimate of drug-likeness (QED) is 0.185. The first-order valence-electron chi connectivity index (χ1n) is 13.6. The van der Waals surface area contributed by atoms with E-state index in [-0.39, 0.29) is 74.0 Å². The fraction of sp³-hybridized carbons (Fsp3) is 0. The predicted octanol–water partition coefficient (Wildman–Crippen LogP) is 1.77. The number of benzene rings is 4. The first kappa shape index (κ1) is 38.4. The average Bonchev–Trinajstić information content (AvgIpc) is 3.07. The molecular weight excluding hydrogens is 715 g/mol. The molecule has 47 heavy (non-hydrogen) atoms. The van der Waals surface area contributed by atoms with E-state index in [1.165, 1.54) is 0 Å². The molecule has 0 aliphatic rings. The van der Waals surface area contributed by atoms with Gasteiger partial charge in [-0.25, -0.2) is 0 Å². The Balaban J connectivity index is 0.000000213. The van der Waals surface area contributed by atoms with Crippen LogP contribution in [0.25, 0.3) is 43.6 Å². The van der Waals surface area contributed by atoms with Gasteiger partial charge >= 0.3 is 26.2 Å². The number of para-hydroxylation sites is 4. The molecule has 4 N–H and O–H groups in total. The number of aromatic nitrogens is 4. The Kier molecular flexibility index (Phi) is 15.5. The van der Waals surface area contributed by atoms with Crippen LogP contribution in [-0.4, -0.2) is 40.4 Å². The van der Waals surface area contributed by atoms with E-state index in [9.17, 15) is 20.4 Å². The van der Waals surface area contributed by atoms with E-state index in [1.807, 2.05) is 72.8 Å². The average molecular weight is 743 g/mol. The van der Waals surface area contributed by atoms with Crippen LogP contribution in [0.4, 0.5) is 0 Å². The van der Waals surface area contributed by atoms with Crippen LogP contribution in [0.2, 0.25) is 0 Å². The first-order chi connectivity index (χ1) is 21.5. The van der Waals surface area contributed by atoms with Crippen molar-refractivity contribution in [3.05, 3.63) is 146 Å². The van der Waals surface area contributed by atoms with Gasteiger partial charge in [0.2, 0.25) is 0 Å². The molecule has 0 saturated carbocycles. The van der Waals surface area contributed by atoms with Crippen molar-refractivity contribution < 1.29 is 71.4 Å². The van der Waals surface area contributed by atoms with Crippen LogP contribution in [-0.2, 0) is 26.2 Å². The molecule has 0 radical (unpaired) electrons. The summed E-state index contributed by atoms with van der Waals surface area (Å²) in [5.41, 5.74) is 2.65. The van der Waals surface area contributed by atoms with Crippen molar-refractivity contribution in [2.75, 3.05) is 0 Å². The van der Waals surface area contributed by atoms with Gasteiger partial charge in [-0.1, -0.05) is 72.8 Å². The summed E-state index contributed by atoms with van der Waals surface area (Å²) in [6.07, 6.45) is 6.67. The van der Waals surface area contributed by atoms with Crippen LogP contribution in [0.1, 0.15) is 0 Å². The molecule has 8 aromatic rings. The third-order valence-corrected chi connectivity index (χ3v) is 6.45. The second-order valence-corrected chi connectivity index (χ2v) is 9.41. The van der Waals surface area contributed by atoms with Gasteiger partial charge < -0.3 is 45.2 Å². The number of halogens is 2. The number of rotatable bonds is 0. The van der Waals surface area contributed by atoms with Gasteiger partial charge in [0.05, 0.1) is 0 Å². The van der Waals surface area contributed by atoms with Gasteiger partial charge in [-0.3, -0.25) is 19.9 Å². The maximum absolute atomic E-state index is 9.31. The Labute approximate surface area is 302 Å². The van der Waals surface area contributed by atoms with Crippen molar-refractivity contribution in [3.63, 3.8) is 0 Å². The molecule has 0 atom stereocenters. The van der Waals surface area contributed by atoms with Gasteiger partial charge in [0.25, 0.3) is 0 Å². The van der Waals surface area contributed by atoms with E-state index in [4.69, 9.17) is 0 Å². The SMILES string of the molecule is Oc1cccc2cccnc12.Oc1cccc2cccnc12.Oc1cccc2cccnc12.Oc1cccc2cccnc12.[Cl-].[Cl-].[Zr+2]. The predicted molar refractivity (Wildman–Crippen MR) is 174 cm³/mol. The first-order valence-corrected chi connectivity index (χ1v) is 13.6. The van der Waals surface area contributed by atoms with Crippen molar-refractivity contribution in [1.82, 2.24) is 19.9 Å². The number of aromatic hydroxyl groups is 4. The minimum absolute atomic E-state index is 0. The van der Waals surface area contributed by atoms with E-state index in [2.05, 4.69) is 19.9 Å². The Hall–Kier alpha value is -4.82. The molecule has 234 valence electrons. The maximum Gasteiger partial charge on any atom is 2.00 e. The molecule has 4 aromatic carbocycles. The molecule has 0 saturated heterocycles. The van der Waals surface area contributed by atoms with Crippen molar-refractivity contribution >= 4 is 43.6 Å². The maximum atomic E-state index is 9.31. The second kappa shape index (κ2) is 19.0. The number of phenolic OH excluding ortho intramolecular Hbond substituents is 4. The van der Waals surface area contributed by atoms with Crippen LogP contribution in [0, 0.1) is 0 Å². The number of pyridine rings is 4. The van der Waals surface area contributed by atoms with Gasteiger partial charge in [0, 0.05) is 46.3 Å². The molecule has 0 fully saturated rings. The molecule has 0 unspecified atom stereocenters. The Morgan fingerprint density at radius 3 is 0.681 bits per heavy atom. The van der Waals surface area contributed by atoms with E-state index in [0.717, 1.165) is 21.5 Å². The van der Waals surface area contributed by atoms with Gasteiger partial charge in [-0.05, 0) is 48.5 Å². The molecule has 0 spiro atoms. The summed E-state index contributed by atoms with van der Waals surface area (Å²) in [5, 5.41) is 41.1. The minimum atomic E-state index is 0. The van der Waals surface area contributed by atoms with Crippen LogP contribution < -0.4 is 24.8 Å². The topological polar surface area (TPSA) is 132 Å². The van der Waals surface area contributed by atoms with Gasteiger partial charge in [-0.2, -0.15) is 0 Å². The van der Waals surface area contributed by atoms with Crippen LogP contribution in [0.3, 0.4) is 0 Å². The third kappa shape index (κ3) is 10.1. The molecule has 11 heteroatoms. The zero-order chi connectivity index (χ0) is 30.7. The van der Waals surface area contributed by atoms with Crippen molar-refractivity contribution in [3.8, 4) is 23.0 Å². The third-order valence-electron chi connectivity index (χ3n) is 6.45. The number of fused-ring (bicyclic) bond motifs is 4. The summed E-state index contributed by atoms with van der Waals surface area (Å²) in [6.45, 7) is 0. The molecule has 8 rings (SSSR count). The summed E-state index contributed by atoms with van der Waals surface area (Å²) in [6, 6.07) is 36.5. The molecule has 0 aliphatic carbocycles. The largest absolute Gasteiger partial charge is 2.00 e. The Morgan fingerprint density at radius 2 is 0.489 bits per heavy atom. The van der Waals surface area contributed by atoms with Crippen molar-refractivity contribution in [1.29, 1.82) is 0 Å². The summed E-state index contributed by atoms with van der Waals surface area (Å²) in [4.78, 5) is 16.1. The van der Waals surface area contributed by atoms with E-state index >= 15 is 0 Å². The second-order valence-electron chi connectivity index (χ2n) is 9.41. The van der Waals surface area contributed by atoms with E-state index in [1.54, 1.807) is 73.3 Å². The van der Waals surface area contributed by atoms with Gasteiger partial charge in [0.15, 0.2) is 0 Å². The summed E-state index contributed by atoms with van der Waals surface area (Å²) in [7, 11) is 0. The minimum Gasteiger partial charge on any atom is -1.00 e. The number of phenols is 4. The Bertz CT molecular complexity index is 1840. The van der Waals surface area contributed by atoms with E-state index < -0.39 is 0 Å². The molecule has 0 amide bonds. The summed E-state index contributed by atoms with van der Waals surface area (Å²) in [5.74, 6) is 0.956. The Morgan fingerprint density at radius 1 is 0.298 bits per heavy atom. The van der Waals surface area contributed by atoms with Crippen LogP contribution in [0.5, 0.6) is 23.0 Å². The summed E-state index contributed by atoms with van der Waals surface area (Å²) < 4.78 is 0. The molecule has 0 bridgehead atoms. The van der Waals surface area contributed by atoms with Gasteiger partial charge in [-0.15, -0.1) is 0 Å². The van der Waals surface area contributed by atoms with E-state index in [0.29, 0.717) is 22.1 Å². The molecule has 8 nitrogen and oxygen atoms in total. The van der Waals surface area contributed by atoms with Crippen molar-refractivity contribution in [2.45, 2.75) is 0 Å². The monoisotopic (exact) mass is 740 g/mol. The fourth-order valence-corrected chi connectivity index (χ4v) is 4.35. The normalized spacial score (nSPS) is 9.53. The zero-order valence-electron chi connectivity index (χ0n) is 24.7. The fourth-order valence-electron chi connectivity index (χ4n) is 4.35. The molecule has 4 heterocycles. The van der Waals surface area contributed by atoms with Crippen LogP contribution in [0.15, 0.2) is 146 Å². The smallest absolute Gasteiger partial charge is 1.00 e.